The zero-order chi connectivity index (χ0) is 65.7. The Morgan fingerprint density at radius 3 is 0.117 bits per heavy atom. The second-order valence-corrected chi connectivity index (χ2v) is 18.3. The predicted octanol–water partition coefficient (Wildman–Crippen LogP) is 39.1. The number of rotatable bonds is 0. The molecular weight excluding hydrogens is 3750 g/mol. The van der Waals surface area contributed by atoms with E-state index >= 15 is 0 Å². The van der Waals surface area contributed by atoms with E-state index in [-0.39, 0.29) is 1070 Å². The molecule has 0 spiro atoms. The van der Waals surface area contributed by atoms with Crippen LogP contribution in [0.5, 0.6) is 0 Å². The van der Waals surface area contributed by atoms with Gasteiger partial charge in [-0.3, -0.25) is 0 Å². The van der Waals surface area contributed by atoms with Gasteiger partial charge in [0.2, 0.25) is 0 Å². The first-order chi connectivity index (χ1) is 38.0. The predicted molar refractivity (Wildman–Crippen MR) is 473 cm³/mol. The van der Waals surface area contributed by atoms with Crippen LogP contribution >= 0.6 is 0 Å². The molecule has 0 aromatic carbocycles. The smallest absolute Gasteiger partial charge is 0 e. The van der Waals surface area contributed by atoms with Crippen molar-refractivity contribution in [2.45, 2.75) is 480 Å². The summed E-state index contributed by atoms with van der Waals surface area (Å²) >= 11 is 0. The summed E-state index contributed by atoms with van der Waals surface area (Å²) in [6.45, 7) is 73.5. The van der Waals surface area contributed by atoms with Crippen LogP contribution in [0.2, 0.25) is 0 Å². The van der Waals surface area contributed by atoms with Gasteiger partial charge in [-0.05, 0) is 0 Å². The first-order valence-electron chi connectivity index (χ1n) is 36.4. The van der Waals surface area contributed by atoms with E-state index in [4.69, 9.17) is 0 Å². The van der Waals surface area contributed by atoms with Crippen LogP contribution in [0.1, 0.15) is 480 Å². The van der Waals surface area contributed by atoms with E-state index in [1.807, 2.05) is 205 Å². The quantitative estimate of drug-likeness (QED) is 0.212. The number of hydrogen-bond acceptors (Lipinski definition) is 0. The SMILES string of the molecule is C1CCCC1.C1CCCC1.C1CCCC1.C1CCCC1.C1CCCC1.C1CCCC1.CC.CC.CC.CC.CC.CC.CCC.CCC.CCC.CCC.CCC.CCC.C[CH-]C.C[CH-]C.C[CH-]C.C[CH-]C.C[CH-]C.C[CH-]C.[CH3-].[CH3-].[CH3-].[CH3-].[CH3-].[CH3-].[CH3-].[CH3-].[CH3-].[CH3-].[CH3-].[CH3-].[Y].[Y].[Y].[Y].[Y].[Y].[Y].[Y].[Y].[Y].[Y].[Y].[Y].[Y].[Y].[Y].[Y].[Y].[Y].[Y].[Y].[Y].[Y].[Y].[Y].[Y].[Y].[Y].[Y].[Y]. The van der Waals surface area contributed by atoms with Crippen LogP contribution in [0, 0.1) is 128 Å². The second-order valence-electron chi connectivity index (χ2n) is 18.3. The average molecular weight is 3970 g/mol. The first kappa shape index (κ1) is 409. The molecule has 6 aliphatic carbocycles. The standard InChI is InChI=1S/6C5H10.6C3H8.6C3H7.6C2H6.12CH3.30Y/c6*1-2-4-5-3-1;12*1-3-2;6*1-2;;;;;;;;;;;;;;;;;;;;;;;;;;;;;;;;;;;;;;;;;;/h6*1-5H2;6*3H2,1-2H3;6*3H,1-2H3;6*1-2H3;12*1H3;;;;;;;;;;;;;;;;;;;;;;;;;;;;;;/q;;;;;;;;;;;;6*-1;;;;;;;12*-1;;;;;;;;;;;;;;;;;;;;;;;;;;;;;;. The molecule has 0 aromatic rings. The molecule has 0 amide bonds. The van der Waals surface area contributed by atoms with Crippen molar-refractivity contribution in [1.29, 1.82) is 0 Å². The van der Waals surface area contributed by atoms with Crippen molar-refractivity contribution < 1.29 is 981 Å². The molecule has 0 saturated heterocycles. The Morgan fingerprint density at radius 1 is 0.100 bits per heavy atom. The fourth-order valence-electron chi connectivity index (χ4n) is 5.30. The summed E-state index contributed by atoms with van der Waals surface area (Å²) in [6.07, 6.45) is 64.5. The van der Waals surface area contributed by atoms with Gasteiger partial charge in [-0.15, -0.1) is 0 Å². The maximum Gasteiger partial charge on any atom is 0 e. The van der Waals surface area contributed by atoms with E-state index in [0.29, 0.717) is 0 Å². The van der Waals surface area contributed by atoms with Gasteiger partial charge in [-0.1, -0.05) is 397 Å². The van der Waals surface area contributed by atoms with E-state index < -0.39 is 0 Å². The molecule has 690 valence electrons. The van der Waals surface area contributed by atoms with E-state index in [1.54, 1.807) is 0 Å². The van der Waals surface area contributed by atoms with Crippen LogP contribution in [0.3, 0.4) is 0 Å². The molecule has 6 saturated carbocycles. The van der Waals surface area contributed by atoms with Crippen LogP contribution in [-0.4, -0.2) is 0 Å². The normalized spacial score (nSPS) is 8.10. The summed E-state index contributed by atoms with van der Waals surface area (Å²) < 4.78 is 0. The van der Waals surface area contributed by atoms with Crippen LogP contribution in [0.25, 0.3) is 0 Å². The zero-order valence-electron chi connectivity index (χ0n) is 94.2. The molecule has 120 heavy (non-hydrogen) atoms. The average Bonchev–Trinajstić information content (AvgIpc) is 3.00. The number of hydrogen-bond donors (Lipinski definition) is 0. The van der Waals surface area contributed by atoms with Crippen molar-refractivity contribution in [2.75, 3.05) is 0 Å². The maximum absolute atomic E-state index is 2.12. The second kappa shape index (κ2) is 616. The van der Waals surface area contributed by atoms with E-state index in [9.17, 15) is 0 Å². The third-order valence-electron chi connectivity index (χ3n) is 7.50. The van der Waals surface area contributed by atoms with E-state index in [0.717, 1.165) is 0 Å². The molecule has 0 nitrogen and oxygen atoms in total. The van der Waals surface area contributed by atoms with Gasteiger partial charge in [0.15, 0.2) is 0 Å². The molecule has 0 bridgehead atoms. The molecule has 0 aromatic heterocycles. The molecule has 30 heteroatoms. The fraction of sp³-hybridized carbons (Fsp3) is 0.800. The van der Waals surface area contributed by atoms with Crippen molar-refractivity contribution in [1.82, 2.24) is 0 Å². The summed E-state index contributed by atoms with van der Waals surface area (Å²) in [6, 6.07) is 0. The third kappa shape index (κ3) is 855. The van der Waals surface area contributed by atoms with Crippen molar-refractivity contribution >= 4 is 0 Å². The molecule has 0 unspecified atom stereocenters. The van der Waals surface area contributed by atoms with Gasteiger partial charge in [-0.25, -0.2) is 0 Å². The monoisotopic (exact) mass is 3970 g/mol. The Kier molecular flexibility index (Phi) is 2100. The molecule has 0 N–H and O–H groups in total. The van der Waals surface area contributed by atoms with Crippen molar-refractivity contribution in [3.8, 4) is 0 Å². The fourth-order valence-corrected chi connectivity index (χ4v) is 5.30. The van der Waals surface area contributed by atoms with Gasteiger partial charge in [0, 0.05) is 981 Å². The van der Waals surface area contributed by atoms with Crippen molar-refractivity contribution in [3.63, 3.8) is 0 Å². The van der Waals surface area contributed by atoms with Crippen LogP contribution in [0.15, 0.2) is 0 Å². The van der Waals surface area contributed by atoms with Crippen molar-refractivity contribution in [3.05, 3.63) is 128 Å². The Labute approximate surface area is 1550 Å². The Morgan fingerprint density at radius 2 is 0.108 bits per heavy atom. The molecule has 6 aliphatic rings. The Balaban J connectivity index is -0.00000000535. The van der Waals surface area contributed by atoms with Gasteiger partial charge in [0.1, 0.15) is 0 Å². The first-order valence-corrected chi connectivity index (χ1v) is 36.4. The summed E-state index contributed by atoms with van der Waals surface area (Å²) in [4.78, 5) is 0. The minimum Gasteiger partial charge on any atom is -0.358 e. The molecule has 0 heterocycles. The van der Waals surface area contributed by atoms with Gasteiger partial charge in [0.25, 0.3) is 0 Å². The minimum atomic E-state index is 0. The van der Waals surface area contributed by atoms with E-state index in [1.165, 1.54) is 231 Å². The van der Waals surface area contributed by atoms with E-state index in [2.05, 4.69) is 83.1 Å². The maximum atomic E-state index is 2.12. The minimum absolute atomic E-state index is 0. The van der Waals surface area contributed by atoms with Crippen molar-refractivity contribution in [2.24, 2.45) is 0 Å². The van der Waals surface area contributed by atoms with Crippen LogP contribution < -0.4 is 0 Å². The molecular formula is C90H222Y30-18. The topological polar surface area (TPSA) is 0 Å². The molecule has 6 rings (SSSR count). The summed E-state index contributed by atoms with van der Waals surface area (Å²) in [7, 11) is 0. The summed E-state index contributed by atoms with van der Waals surface area (Å²) in [5.41, 5.74) is 0. The van der Waals surface area contributed by atoms with Gasteiger partial charge in [0.05, 0.1) is 0 Å². The zero-order valence-corrected chi connectivity index (χ0v) is 179. The summed E-state index contributed by atoms with van der Waals surface area (Å²) in [5, 5.41) is 0. The van der Waals surface area contributed by atoms with Gasteiger partial charge < -0.3 is 128 Å². The molecule has 0 atom stereocenters. The Bertz CT molecular complexity index is 360. The molecule has 30 radical (unpaired) electrons. The molecule has 6 fully saturated rings. The third-order valence-corrected chi connectivity index (χ3v) is 7.50. The largest absolute Gasteiger partial charge is 0.358 e. The van der Waals surface area contributed by atoms with Crippen LogP contribution in [-0.2, 0) is 981 Å². The van der Waals surface area contributed by atoms with Crippen LogP contribution in [0.4, 0.5) is 0 Å². The van der Waals surface area contributed by atoms with Gasteiger partial charge in [-0.2, -0.15) is 83.1 Å². The Hall–Kier alpha value is 33.1. The van der Waals surface area contributed by atoms with Gasteiger partial charge >= 0.3 is 0 Å². The molecule has 0 aliphatic heterocycles. The summed E-state index contributed by atoms with van der Waals surface area (Å²) in [5.74, 6) is 0.